The molecule has 6 nitrogen and oxygen atoms in total. The fourth-order valence-electron chi connectivity index (χ4n) is 1.67. The van der Waals surface area contributed by atoms with Crippen LogP contribution in [0.25, 0.3) is 0 Å². The van der Waals surface area contributed by atoms with E-state index in [-0.39, 0.29) is 11.7 Å². The summed E-state index contributed by atoms with van der Waals surface area (Å²) in [6.45, 7) is 5.64. The molecule has 0 fully saturated rings. The Kier molecular flexibility index (Phi) is 3.71. The first-order valence-electron chi connectivity index (χ1n) is 5.75. The first-order valence-corrected chi connectivity index (χ1v) is 6.56. The molecule has 1 N–H and O–H groups in total. The van der Waals surface area contributed by atoms with Crippen molar-refractivity contribution in [1.29, 1.82) is 5.26 Å². The maximum atomic E-state index is 11.6. The molecule has 0 aliphatic heterocycles. The molecule has 0 saturated carbocycles. The normalized spacial score (nSPS) is 10.7. The highest BCUT2D eigenvalue weighted by atomic mass is 32.2. The van der Waals surface area contributed by atoms with Gasteiger partial charge in [0.25, 0.3) is 0 Å². The summed E-state index contributed by atoms with van der Waals surface area (Å²) in [7, 11) is 0. The van der Waals surface area contributed by atoms with Crippen LogP contribution >= 0.6 is 11.8 Å². The molecule has 0 atom stereocenters. The molecule has 2 aromatic heterocycles. The molecular formula is C12H13N5OS. The number of hydrogen-bond donors (Lipinski definition) is 1. The Balaban J connectivity index is 2.40. The lowest BCUT2D eigenvalue weighted by atomic mass is 10.2. The van der Waals surface area contributed by atoms with E-state index < -0.39 is 0 Å². The van der Waals surface area contributed by atoms with Crippen molar-refractivity contribution in [2.24, 2.45) is 0 Å². The quantitative estimate of drug-likeness (QED) is 0.924. The number of nitrogens with one attached hydrogen (secondary N) is 1. The number of nitrogens with zero attached hydrogens (tertiary/aromatic N) is 4. The van der Waals surface area contributed by atoms with Crippen LogP contribution in [-0.2, 0) is 0 Å². The molecule has 19 heavy (non-hydrogen) atoms. The Bertz CT molecular complexity index is 695. The van der Waals surface area contributed by atoms with E-state index in [1.54, 1.807) is 16.7 Å². The number of rotatable bonds is 3. The third-order valence-electron chi connectivity index (χ3n) is 2.44. The molecule has 0 spiro atoms. The van der Waals surface area contributed by atoms with E-state index in [9.17, 15) is 4.79 Å². The Labute approximate surface area is 114 Å². The van der Waals surface area contributed by atoms with Gasteiger partial charge in [0.2, 0.25) is 0 Å². The number of H-pyrrole nitrogens is 1. The van der Waals surface area contributed by atoms with E-state index >= 15 is 0 Å². The molecule has 2 rings (SSSR count). The predicted molar refractivity (Wildman–Crippen MR) is 71.0 cm³/mol. The van der Waals surface area contributed by atoms with Crippen LogP contribution in [0.4, 0.5) is 0 Å². The Morgan fingerprint density at radius 2 is 2.21 bits per heavy atom. The summed E-state index contributed by atoms with van der Waals surface area (Å²) in [6.07, 6.45) is 0. The monoisotopic (exact) mass is 275 g/mol. The van der Waals surface area contributed by atoms with Crippen LogP contribution in [0.1, 0.15) is 31.1 Å². The highest BCUT2D eigenvalue weighted by Crippen LogP contribution is 2.25. The lowest BCUT2D eigenvalue weighted by Gasteiger charge is -2.08. The molecule has 0 aromatic carbocycles. The van der Waals surface area contributed by atoms with Gasteiger partial charge in [-0.2, -0.15) is 5.26 Å². The van der Waals surface area contributed by atoms with Crippen molar-refractivity contribution in [3.63, 3.8) is 0 Å². The van der Waals surface area contributed by atoms with Gasteiger partial charge in [0.1, 0.15) is 5.03 Å². The second kappa shape index (κ2) is 5.28. The van der Waals surface area contributed by atoms with E-state index in [0.29, 0.717) is 15.7 Å². The topological polar surface area (TPSA) is 87.4 Å². The first-order chi connectivity index (χ1) is 9.01. The van der Waals surface area contributed by atoms with Gasteiger partial charge in [0.15, 0.2) is 5.16 Å². The molecule has 0 amide bonds. The molecule has 7 heteroatoms. The van der Waals surface area contributed by atoms with Crippen LogP contribution in [0.3, 0.4) is 0 Å². The molecule has 0 aliphatic rings. The molecule has 2 aromatic rings. The van der Waals surface area contributed by atoms with Crippen molar-refractivity contribution in [3.05, 3.63) is 33.9 Å². The van der Waals surface area contributed by atoms with E-state index in [0.717, 1.165) is 5.69 Å². The molecular weight excluding hydrogens is 262 g/mol. The fourth-order valence-corrected chi connectivity index (χ4v) is 2.71. The number of nitriles is 1. The summed E-state index contributed by atoms with van der Waals surface area (Å²) in [5, 5.41) is 16.5. The van der Waals surface area contributed by atoms with Gasteiger partial charge in [-0.3, -0.25) is 4.57 Å². The van der Waals surface area contributed by atoms with Crippen molar-refractivity contribution in [2.75, 3.05) is 0 Å². The summed E-state index contributed by atoms with van der Waals surface area (Å²) in [5.74, 6) is 0. The fraction of sp³-hybridized carbons (Fsp3) is 0.333. The number of pyridine rings is 1. The van der Waals surface area contributed by atoms with Gasteiger partial charge in [-0.1, -0.05) is 0 Å². The van der Waals surface area contributed by atoms with Gasteiger partial charge in [0, 0.05) is 11.7 Å². The van der Waals surface area contributed by atoms with Gasteiger partial charge in [-0.15, -0.1) is 5.10 Å². The smallest absolute Gasteiger partial charge is 0.267 e. The maximum Gasteiger partial charge on any atom is 0.344 e. The average Bonchev–Trinajstić information content (AvgIpc) is 2.69. The lowest BCUT2D eigenvalue weighted by molar-refractivity contribution is 0.534. The van der Waals surface area contributed by atoms with E-state index in [1.807, 2.05) is 20.8 Å². The summed E-state index contributed by atoms with van der Waals surface area (Å²) in [4.78, 5) is 15.9. The standard InChI is InChI=1S/C12H13N5OS/c1-7(2)17-11(18)15-16-12(17)19-10-5-9(6-13)4-8(3)14-10/h4-5,7H,1-3H3,(H,15,18). The Hall–Kier alpha value is -2.07. The van der Waals surface area contributed by atoms with Crippen LogP contribution in [-0.4, -0.2) is 19.7 Å². The molecule has 2 heterocycles. The number of aromatic nitrogens is 4. The van der Waals surface area contributed by atoms with Crippen molar-refractivity contribution < 1.29 is 0 Å². The van der Waals surface area contributed by atoms with Crippen LogP contribution in [0.2, 0.25) is 0 Å². The molecule has 0 radical (unpaired) electrons. The highest BCUT2D eigenvalue weighted by Gasteiger charge is 2.13. The second-order valence-corrected chi connectivity index (χ2v) is 5.31. The van der Waals surface area contributed by atoms with Crippen LogP contribution in [0, 0.1) is 18.3 Å². The Morgan fingerprint density at radius 1 is 1.47 bits per heavy atom. The molecule has 98 valence electrons. The van der Waals surface area contributed by atoms with Gasteiger partial charge < -0.3 is 0 Å². The Morgan fingerprint density at radius 3 is 2.84 bits per heavy atom. The van der Waals surface area contributed by atoms with Crippen molar-refractivity contribution >= 4 is 11.8 Å². The molecule has 0 saturated heterocycles. The summed E-state index contributed by atoms with van der Waals surface area (Å²) in [6, 6.07) is 5.49. The summed E-state index contributed by atoms with van der Waals surface area (Å²) in [5.41, 5.74) is 1.06. The van der Waals surface area contributed by atoms with Crippen molar-refractivity contribution in [2.45, 2.75) is 37.0 Å². The number of hydrogen-bond acceptors (Lipinski definition) is 5. The SMILES string of the molecule is Cc1cc(C#N)cc(Sc2n[nH]c(=O)n2C(C)C)n1. The van der Waals surface area contributed by atoms with Crippen LogP contribution in [0.15, 0.2) is 27.1 Å². The molecule has 0 bridgehead atoms. The van der Waals surface area contributed by atoms with E-state index in [1.165, 1.54) is 11.8 Å². The minimum absolute atomic E-state index is 0.00833. The van der Waals surface area contributed by atoms with Gasteiger partial charge in [-0.25, -0.2) is 14.9 Å². The van der Waals surface area contributed by atoms with E-state index in [2.05, 4.69) is 21.3 Å². The third-order valence-corrected chi connectivity index (χ3v) is 3.33. The van der Waals surface area contributed by atoms with E-state index in [4.69, 9.17) is 5.26 Å². The molecule has 0 unspecified atom stereocenters. The number of aryl methyl sites for hydroxylation is 1. The van der Waals surface area contributed by atoms with Gasteiger partial charge in [0.05, 0.1) is 11.6 Å². The van der Waals surface area contributed by atoms with Crippen LogP contribution < -0.4 is 5.69 Å². The molecule has 0 aliphatic carbocycles. The first kappa shape index (κ1) is 13.4. The third kappa shape index (κ3) is 2.85. The second-order valence-electron chi connectivity index (χ2n) is 4.32. The average molecular weight is 275 g/mol. The van der Waals surface area contributed by atoms with Crippen molar-refractivity contribution in [3.8, 4) is 6.07 Å². The summed E-state index contributed by atoms with van der Waals surface area (Å²) < 4.78 is 1.56. The zero-order valence-corrected chi connectivity index (χ0v) is 11.7. The minimum Gasteiger partial charge on any atom is -0.267 e. The van der Waals surface area contributed by atoms with Crippen molar-refractivity contribution in [1.82, 2.24) is 19.7 Å². The zero-order valence-electron chi connectivity index (χ0n) is 10.8. The lowest BCUT2D eigenvalue weighted by Crippen LogP contribution is -2.19. The highest BCUT2D eigenvalue weighted by molar-refractivity contribution is 7.99. The predicted octanol–water partition coefficient (Wildman–Crippen LogP) is 1.88. The summed E-state index contributed by atoms with van der Waals surface area (Å²) >= 11 is 1.27. The largest absolute Gasteiger partial charge is 0.344 e. The maximum absolute atomic E-state index is 11.6. The zero-order chi connectivity index (χ0) is 14.0. The number of aromatic amines is 1. The van der Waals surface area contributed by atoms with Crippen LogP contribution in [0.5, 0.6) is 0 Å². The van der Waals surface area contributed by atoms with Gasteiger partial charge in [-0.05, 0) is 44.7 Å². The minimum atomic E-state index is -0.245. The van der Waals surface area contributed by atoms with Gasteiger partial charge >= 0.3 is 5.69 Å².